The molecular formula is C33H30F3IN3O7S+. The van der Waals surface area contributed by atoms with Crippen molar-refractivity contribution >= 4 is 61.9 Å². The van der Waals surface area contributed by atoms with Crippen LogP contribution in [-0.4, -0.2) is 37.8 Å². The number of ether oxygens (including phenoxy) is 2. The Bertz CT molecular complexity index is 1960. The van der Waals surface area contributed by atoms with Crippen molar-refractivity contribution in [1.29, 1.82) is 0 Å². The number of anilines is 1. The lowest BCUT2D eigenvalue weighted by Gasteiger charge is -2.35. The van der Waals surface area contributed by atoms with E-state index in [1.165, 1.54) is 18.2 Å². The van der Waals surface area contributed by atoms with Gasteiger partial charge in [0.25, 0.3) is 5.91 Å². The number of fused-ring (bicyclic) bond motifs is 1. The number of quaternary nitrogens is 1. The molecule has 0 saturated heterocycles. The highest BCUT2D eigenvalue weighted by Crippen LogP contribution is 2.46. The molecule has 1 unspecified atom stereocenters. The molecule has 4 aromatic rings. The molecule has 0 heterocycles. The first-order valence-corrected chi connectivity index (χ1v) is 17.2. The Kier molecular flexibility index (Phi) is 10.3. The number of nitrogens with one attached hydrogen (secondary N) is 2. The standard InChI is InChI=1S/C33H29F3IN3O7S/c1-2-40(48(43,44)45,22-10-4-3-5-11-22)27-17-19-28(24-13-7-6-12-23(24)27)46-30-18-16-21(20-26(30)37)38-32(42)39-31(41)25-14-8-9-15-29(25)47-33(34,35)36/h3-5,8-11,14-20H,2,6-7,12-13H2,1H3,(H2-,38,39,41,42,43,44,45)/p+1. The summed E-state index contributed by atoms with van der Waals surface area (Å²) in [5, 5.41) is 4.47. The van der Waals surface area contributed by atoms with Crippen LogP contribution in [0.15, 0.2) is 84.9 Å². The van der Waals surface area contributed by atoms with E-state index in [1.54, 1.807) is 61.5 Å². The van der Waals surface area contributed by atoms with Gasteiger partial charge in [0.15, 0.2) is 11.4 Å². The van der Waals surface area contributed by atoms with Crippen LogP contribution >= 0.6 is 22.6 Å². The molecule has 0 bridgehead atoms. The quantitative estimate of drug-likeness (QED) is 0.0883. The number of benzene rings is 4. The Hall–Kier alpha value is -4.19. The monoisotopic (exact) mass is 796 g/mol. The summed E-state index contributed by atoms with van der Waals surface area (Å²) in [4.78, 5) is 25.1. The zero-order valence-electron chi connectivity index (χ0n) is 25.4. The highest BCUT2D eigenvalue weighted by molar-refractivity contribution is 14.1. The Morgan fingerprint density at radius 1 is 0.896 bits per heavy atom. The number of rotatable bonds is 9. The van der Waals surface area contributed by atoms with Gasteiger partial charge >= 0.3 is 22.7 Å². The van der Waals surface area contributed by atoms with E-state index >= 15 is 0 Å². The first kappa shape index (κ1) is 35.1. The predicted molar refractivity (Wildman–Crippen MR) is 182 cm³/mol. The molecule has 0 aromatic heterocycles. The zero-order chi connectivity index (χ0) is 34.7. The summed E-state index contributed by atoms with van der Waals surface area (Å²) in [7, 11) is -4.66. The molecule has 1 atom stereocenters. The fourth-order valence-corrected chi connectivity index (χ4v) is 7.57. The van der Waals surface area contributed by atoms with Crippen LogP contribution in [0.5, 0.6) is 17.2 Å². The van der Waals surface area contributed by atoms with Crippen LogP contribution in [0, 0.1) is 3.57 Å². The maximum Gasteiger partial charge on any atom is 0.573 e. The molecule has 0 fully saturated rings. The van der Waals surface area contributed by atoms with Crippen LogP contribution in [0.1, 0.15) is 41.3 Å². The van der Waals surface area contributed by atoms with Gasteiger partial charge in [0.05, 0.1) is 9.13 Å². The predicted octanol–water partition coefficient (Wildman–Crippen LogP) is 8.28. The molecule has 0 saturated carbocycles. The number of hydrogen-bond acceptors (Lipinski definition) is 6. The molecule has 0 spiro atoms. The maximum atomic E-state index is 13.1. The van der Waals surface area contributed by atoms with Crippen molar-refractivity contribution in [2.75, 3.05) is 11.9 Å². The summed E-state index contributed by atoms with van der Waals surface area (Å²) in [6.45, 7) is 1.75. The highest BCUT2D eigenvalue weighted by Gasteiger charge is 2.47. The van der Waals surface area contributed by atoms with Crippen LogP contribution in [0.3, 0.4) is 0 Å². The Balaban J connectivity index is 1.37. The van der Waals surface area contributed by atoms with Crippen molar-refractivity contribution in [3.8, 4) is 17.2 Å². The molecule has 1 aliphatic rings. The Labute approximate surface area is 288 Å². The molecule has 0 radical (unpaired) electrons. The number of nitrogens with zero attached hydrogens (tertiary/aromatic N) is 1. The minimum absolute atomic E-state index is 0.0505. The van der Waals surface area contributed by atoms with E-state index in [0.717, 1.165) is 36.1 Å². The van der Waals surface area contributed by atoms with Crippen LogP contribution in [0.2, 0.25) is 0 Å². The fourth-order valence-electron chi connectivity index (χ4n) is 5.81. The molecule has 4 aromatic carbocycles. The van der Waals surface area contributed by atoms with Crippen LogP contribution in [0.4, 0.5) is 35.0 Å². The van der Waals surface area contributed by atoms with E-state index in [4.69, 9.17) is 4.74 Å². The maximum absolute atomic E-state index is 13.1. The Morgan fingerprint density at radius 3 is 2.19 bits per heavy atom. The minimum Gasteiger partial charge on any atom is -0.456 e. The molecule has 3 N–H and O–H groups in total. The van der Waals surface area contributed by atoms with E-state index in [0.29, 0.717) is 39.3 Å². The van der Waals surface area contributed by atoms with Crippen molar-refractivity contribution in [2.24, 2.45) is 0 Å². The van der Waals surface area contributed by atoms with E-state index in [9.17, 15) is 35.7 Å². The van der Waals surface area contributed by atoms with Gasteiger partial charge in [-0.25, -0.2) is 9.35 Å². The molecule has 252 valence electrons. The first-order valence-electron chi connectivity index (χ1n) is 14.7. The number of hydrogen-bond donors (Lipinski definition) is 3. The highest BCUT2D eigenvalue weighted by atomic mass is 127. The number of imide groups is 1. The normalized spacial score (nSPS) is 14.3. The molecule has 0 aliphatic heterocycles. The van der Waals surface area contributed by atoms with Crippen molar-refractivity contribution in [3.05, 3.63) is 105 Å². The van der Waals surface area contributed by atoms with Crippen LogP contribution < -0.4 is 24.0 Å². The SMILES string of the molecule is CC[N+](c1ccccc1)(c1ccc(Oc2ccc(NC(=O)NC(=O)c3ccccc3OC(F)(F)F)cc2I)c2c1CCCC2)S(=O)(=O)O. The number of alkyl halides is 3. The van der Waals surface area contributed by atoms with E-state index in [1.807, 2.05) is 27.9 Å². The van der Waals surface area contributed by atoms with Gasteiger partial charge in [-0.05, 0) is 91.6 Å². The average molecular weight is 797 g/mol. The summed E-state index contributed by atoms with van der Waals surface area (Å²) < 4.78 is 85.1. The van der Waals surface area contributed by atoms with Crippen molar-refractivity contribution < 1.29 is 45.2 Å². The van der Waals surface area contributed by atoms with Gasteiger partial charge in [0, 0.05) is 35.0 Å². The average Bonchev–Trinajstić information content (AvgIpc) is 3.03. The summed E-state index contributed by atoms with van der Waals surface area (Å²) in [5.41, 5.74) is 2.28. The number of carbonyl (C=O) groups excluding carboxylic acids is 2. The summed E-state index contributed by atoms with van der Waals surface area (Å²) in [6, 6.07) is 20.3. The molecule has 10 nitrogen and oxygen atoms in total. The molecule has 3 amide bonds. The van der Waals surface area contributed by atoms with Crippen molar-refractivity contribution in [3.63, 3.8) is 0 Å². The fraction of sp³-hybridized carbons (Fsp3) is 0.212. The smallest absolute Gasteiger partial charge is 0.456 e. The van der Waals surface area contributed by atoms with Gasteiger partial charge in [-0.1, -0.05) is 30.3 Å². The van der Waals surface area contributed by atoms with Crippen LogP contribution in [0.25, 0.3) is 0 Å². The Morgan fingerprint density at radius 2 is 1.54 bits per heavy atom. The summed E-state index contributed by atoms with van der Waals surface area (Å²) >= 11 is 2.01. The van der Waals surface area contributed by atoms with Crippen molar-refractivity contribution in [2.45, 2.75) is 39.0 Å². The number of urea groups is 1. The van der Waals surface area contributed by atoms with Gasteiger partial charge in [0.1, 0.15) is 23.8 Å². The largest absolute Gasteiger partial charge is 0.573 e. The molecule has 5 rings (SSSR count). The number of para-hydroxylation sites is 2. The topological polar surface area (TPSA) is 131 Å². The van der Waals surface area contributed by atoms with Gasteiger partial charge in [-0.2, -0.15) is 0 Å². The third-order valence-electron chi connectivity index (χ3n) is 7.86. The lowest BCUT2D eigenvalue weighted by molar-refractivity contribution is -0.274. The van der Waals surface area contributed by atoms with Gasteiger partial charge in [-0.15, -0.1) is 25.5 Å². The molecule has 48 heavy (non-hydrogen) atoms. The molecule has 1 aliphatic carbocycles. The summed E-state index contributed by atoms with van der Waals surface area (Å²) in [6.07, 6.45) is -2.12. The third kappa shape index (κ3) is 7.43. The first-order chi connectivity index (χ1) is 22.7. The van der Waals surface area contributed by atoms with E-state index in [-0.39, 0.29) is 12.2 Å². The second-order valence-corrected chi connectivity index (χ2v) is 13.5. The number of halogens is 4. The van der Waals surface area contributed by atoms with Crippen molar-refractivity contribution in [1.82, 2.24) is 9.21 Å². The van der Waals surface area contributed by atoms with Gasteiger partial charge in [0.2, 0.25) is 0 Å². The van der Waals surface area contributed by atoms with Gasteiger partial charge in [-0.3, -0.25) is 10.1 Å². The number of amides is 3. The third-order valence-corrected chi connectivity index (χ3v) is 10.2. The number of carbonyl (C=O) groups is 2. The summed E-state index contributed by atoms with van der Waals surface area (Å²) in [5.74, 6) is -0.889. The van der Waals surface area contributed by atoms with Crippen LogP contribution in [-0.2, 0) is 23.1 Å². The minimum atomic E-state index is -5.03. The second kappa shape index (κ2) is 14.1. The lowest BCUT2D eigenvalue weighted by Crippen LogP contribution is -2.49. The van der Waals surface area contributed by atoms with E-state index < -0.39 is 43.8 Å². The molecular weight excluding hydrogens is 766 g/mol. The zero-order valence-corrected chi connectivity index (χ0v) is 28.4. The lowest BCUT2D eigenvalue weighted by atomic mass is 9.89. The molecule has 15 heteroatoms. The van der Waals surface area contributed by atoms with E-state index in [2.05, 4.69) is 10.1 Å². The van der Waals surface area contributed by atoms with Gasteiger partial charge < -0.3 is 14.8 Å². The second-order valence-electron chi connectivity index (χ2n) is 10.8.